The first kappa shape index (κ1) is 32.7. The van der Waals surface area contributed by atoms with Crippen LogP contribution in [0, 0.1) is 11.6 Å². The van der Waals surface area contributed by atoms with Gasteiger partial charge in [-0.1, -0.05) is 41.3 Å². The van der Waals surface area contributed by atoms with Gasteiger partial charge in [-0.05, 0) is 53.6 Å². The third-order valence-electron chi connectivity index (χ3n) is 6.49. The first-order chi connectivity index (χ1) is 20.5. The number of nitrogens with one attached hydrogen (secondary N) is 1. The number of benzene rings is 3. The average molecular weight is 645 g/mol. The molecule has 44 heavy (non-hydrogen) atoms. The van der Waals surface area contributed by atoms with Gasteiger partial charge in [-0.3, -0.25) is 9.78 Å². The zero-order chi connectivity index (χ0) is 32.4. The zero-order valence-corrected chi connectivity index (χ0v) is 23.1. The Labute approximate surface area is 250 Å². The van der Waals surface area contributed by atoms with Gasteiger partial charge in [0, 0.05) is 24.2 Å². The number of alkyl halides is 7. The zero-order valence-electron chi connectivity index (χ0n) is 22.3. The second kappa shape index (κ2) is 12.4. The number of halogens is 10. The molecule has 1 amide bonds. The van der Waals surface area contributed by atoms with E-state index in [1.807, 2.05) is 0 Å². The minimum absolute atomic E-state index is 0.105. The number of aromatic nitrogens is 1. The highest BCUT2D eigenvalue weighted by Gasteiger charge is 2.45. The molecule has 1 heterocycles. The molecule has 0 aliphatic carbocycles. The number of ether oxygens (including phenoxy) is 1. The number of nitrogens with zero attached hydrogens (tertiary/aromatic N) is 1. The highest BCUT2D eigenvalue weighted by atomic mass is 35.5. The van der Waals surface area contributed by atoms with Crippen LogP contribution in [0.25, 0.3) is 0 Å². The molecular formula is C29H19BClF9N2O2. The van der Waals surface area contributed by atoms with Crippen molar-refractivity contribution < 1.29 is 49.0 Å². The van der Waals surface area contributed by atoms with Crippen molar-refractivity contribution in [1.82, 2.24) is 10.3 Å². The van der Waals surface area contributed by atoms with E-state index in [4.69, 9.17) is 11.6 Å². The van der Waals surface area contributed by atoms with Gasteiger partial charge >= 0.3 is 18.7 Å². The molecule has 4 aromatic rings. The molecule has 0 spiro atoms. The maximum absolute atomic E-state index is 15.0. The van der Waals surface area contributed by atoms with E-state index in [9.17, 15) is 44.3 Å². The average Bonchev–Trinajstić information content (AvgIpc) is 2.93. The third kappa shape index (κ3) is 7.29. The monoisotopic (exact) mass is 644 g/mol. The van der Waals surface area contributed by atoms with Crippen molar-refractivity contribution in [3.63, 3.8) is 0 Å². The van der Waals surface area contributed by atoms with Crippen LogP contribution in [-0.2, 0) is 18.1 Å². The van der Waals surface area contributed by atoms with E-state index in [0.29, 0.717) is 17.7 Å². The molecule has 15 heteroatoms. The number of pyridine rings is 1. The van der Waals surface area contributed by atoms with E-state index < -0.39 is 58.7 Å². The molecular weight excluding hydrogens is 626 g/mol. The van der Waals surface area contributed by atoms with Gasteiger partial charge in [-0.15, -0.1) is 0 Å². The predicted molar refractivity (Wildman–Crippen MR) is 145 cm³/mol. The van der Waals surface area contributed by atoms with Crippen molar-refractivity contribution in [2.45, 2.75) is 30.7 Å². The van der Waals surface area contributed by atoms with E-state index in [1.165, 1.54) is 12.1 Å². The maximum Gasteiger partial charge on any atom is 0.461 e. The fourth-order valence-electron chi connectivity index (χ4n) is 4.38. The highest BCUT2D eigenvalue weighted by Crippen LogP contribution is 2.38. The van der Waals surface area contributed by atoms with Crippen LogP contribution >= 0.6 is 11.6 Å². The second-order valence-electron chi connectivity index (χ2n) is 9.72. The van der Waals surface area contributed by atoms with E-state index in [1.54, 1.807) is 32.1 Å². The summed E-state index contributed by atoms with van der Waals surface area (Å²) in [5.74, 6) is -5.18. The lowest BCUT2D eigenvalue weighted by Crippen LogP contribution is -2.49. The number of amides is 1. The Morgan fingerprint density at radius 1 is 0.932 bits per heavy atom. The Morgan fingerprint density at radius 3 is 2.20 bits per heavy atom. The summed E-state index contributed by atoms with van der Waals surface area (Å²) >= 11 is 5.99. The third-order valence-corrected chi connectivity index (χ3v) is 6.71. The minimum atomic E-state index is -5.16. The van der Waals surface area contributed by atoms with Crippen LogP contribution in [0.3, 0.4) is 0 Å². The Morgan fingerprint density at radius 2 is 1.61 bits per heavy atom. The normalized spacial score (nSPS) is 13.4. The first-order valence-electron chi connectivity index (χ1n) is 12.5. The smallest absolute Gasteiger partial charge is 0.428 e. The molecule has 1 atom stereocenters. The van der Waals surface area contributed by atoms with Gasteiger partial charge in [-0.2, -0.15) is 30.7 Å². The van der Waals surface area contributed by atoms with Crippen LogP contribution in [0.4, 0.5) is 39.5 Å². The first-order valence-corrected chi connectivity index (χ1v) is 12.9. The molecule has 0 saturated heterocycles. The number of hydrogen-bond donors (Lipinski definition) is 1. The molecule has 0 aliphatic rings. The standard InChI is InChI=1S/C29H19BClF9N2O2/c30-18-4-1-15(2-5-18)13-27(24-8-6-19(31)14-41-24,17-10-20(32)12-21(11-17)44-29(39,40)26(34)35)42-25(43)16-3-7-23(33)22(9-16)28(36,37)38/h1-12,14,26H,13,30H2,(H,42,43)/t27-/m0/s1. The molecule has 0 aliphatic heterocycles. The summed E-state index contributed by atoms with van der Waals surface area (Å²) in [6.45, 7) is 0. The van der Waals surface area contributed by atoms with Gasteiger partial charge in [0.15, 0.2) is 0 Å². The molecule has 3 aromatic carbocycles. The van der Waals surface area contributed by atoms with Gasteiger partial charge in [0.25, 0.3) is 5.91 Å². The highest BCUT2D eigenvalue weighted by molar-refractivity contribution is 6.32. The summed E-state index contributed by atoms with van der Waals surface area (Å²) in [6, 6.07) is 12.6. The van der Waals surface area contributed by atoms with Gasteiger partial charge in [0.05, 0.1) is 16.3 Å². The summed E-state index contributed by atoms with van der Waals surface area (Å²) in [5.41, 5.74) is -3.70. The van der Waals surface area contributed by atoms with Crippen LogP contribution in [0.1, 0.15) is 32.7 Å². The molecule has 0 bridgehead atoms. The maximum atomic E-state index is 15.0. The van der Waals surface area contributed by atoms with E-state index >= 15 is 0 Å². The molecule has 0 saturated carbocycles. The SMILES string of the molecule is Bc1ccc(C[C@](NC(=O)c2ccc(F)c(C(F)(F)F)c2)(c2cc(F)cc(OC(F)(F)C(F)F)c2)c2ccc(Cl)cn2)cc1. The van der Waals surface area contributed by atoms with E-state index in [-0.39, 0.29) is 28.8 Å². The van der Waals surface area contributed by atoms with Crippen LogP contribution in [0.2, 0.25) is 5.02 Å². The van der Waals surface area contributed by atoms with Crippen molar-refractivity contribution in [3.8, 4) is 5.75 Å². The minimum Gasteiger partial charge on any atom is -0.428 e. The summed E-state index contributed by atoms with van der Waals surface area (Å²) < 4.78 is 127. The molecule has 0 unspecified atom stereocenters. The Balaban J connectivity index is 1.96. The lowest BCUT2D eigenvalue weighted by Gasteiger charge is -2.36. The molecule has 4 rings (SSSR count). The van der Waals surface area contributed by atoms with Crippen molar-refractivity contribution in [1.29, 1.82) is 0 Å². The Hall–Kier alpha value is -4.20. The topological polar surface area (TPSA) is 51.2 Å². The van der Waals surface area contributed by atoms with Gasteiger partial charge in [0.2, 0.25) is 0 Å². The summed E-state index contributed by atoms with van der Waals surface area (Å²) in [6.07, 6.45) is -13.7. The van der Waals surface area contributed by atoms with Crippen molar-refractivity contribution in [2.75, 3.05) is 0 Å². The summed E-state index contributed by atoms with van der Waals surface area (Å²) in [7, 11) is 1.77. The number of hydrogen-bond acceptors (Lipinski definition) is 3. The summed E-state index contributed by atoms with van der Waals surface area (Å²) in [5, 5.41) is 2.62. The van der Waals surface area contributed by atoms with Crippen molar-refractivity contribution >= 4 is 30.8 Å². The molecule has 4 nitrogen and oxygen atoms in total. The lowest BCUT2D eigenvalue weighted by atomic mass is 9.79. The summed E-state index contributed by atoms with van der Waals surface area (Å²) in [4.78, 5) is 17.8. The van der Waals surface area contributed by atoms with Crippen molar-refractivity contribution in [2.24, 2.45) is 0 Å². The number of rotatable bonds is 9. The van der Waals surface area contributed by atoms with Crippen LogP contribution < -0.4 is 15.5 Å². The van der Waals surface area contributed by atoms with Gasteiger partial charge in [-0.25, -0.2) is 8.78 Å². The molecule has 0 fully saturated rings. The van der Waals surface area contributed by atoms with Crippen LogP contribution in [-0.4, -0.2) is 31.3 Å². The molecule has 1 N–H and O–H groups in total. The Kier molecular flexibility index (Phi) is 9.24. The number of carbonyl (C=O) groups excluding carboxylic acids is 1. The second-order valence-corrected chi connectivity index (χ2v) is 10.2. The molecule has 1 aromatic heterocycles. The van der Waals surface area contributed by atoms with Crippen molar-refractivity contribution in [3.05, 3.63) is 124 Å². The number of carbonyl (C=O) groups is 1. The lowest BCUT2D eigenvalue weighted by molar-refractivity contribution is -0.253. The van der Waals surface area contributed by atoms with Crippen LogP contribution in [0.15, 0.2) is 79.0 Å². The van der Waals surface area contributed by atoms with Gasteiger partial charge < -0.3 is 10.1 Å². The largest absolute Gasteiger partial charge is 0.461 e. The Bertz CT molecular complexity index is 1650. The predicted octanol–water partition coefficient (Wildman–Crippen LogP) is 6.44. The van der Waals surface area contributed by atoms with E-state index in [0.717, 1.165) is 29.9 Å². The van der Waals surface area contributed by atoms with E-state index in [2.05, 4.69) is 15.0 Å². The quantitative estimate of drug-likeness (QED) is 0.169. The van der Waals surface area contributed by atoms with Gasteiger partial charge in [0.1, 0.15) is 30.8 Å². The fourth-order valence-corrected chi connectivity index (χ4v) is 4.49. The fraction of sp³-hybridized carbons (Fsp3) is 0.172. The molecule has 0 radical (unpaired) electrons. The van der Waals surface area contributed by atoms with Crippen LogP contribution in [0.5, 0.6) is 5.75 Å². The molecule has 230 valence electrons.